The third-order valence-corrected chi connectivity index (χ3v) is 4.07. The summed E-state index contributed by atoms with van der Waals surface area (Å²) in [5.74, 6) is 1.41. The van der Waals surface area contributed by atoms with Gasteiger partial charge in [-0.25, -0.2) is 9.97 Å². The lowest BCUT2D eigenvalue weighted by Gasteiger charge is -2.05. The highest BCUT2D eigenvalue weighted by Gasteiger charge is 2.11. The summed E-state index contributed by atoms with van der Waals surface area (Å²) in [6, 6.07) is 16.5. The van der Waals surface area contributed by atoms with Crippen LogP contribution < -0.4 is 4.74 Å². The minimum Gasteiger partial charge on any atom is -0.508 e. The van der Waals surface area contributed by atoms with Crippen molar-refractivity contribution >= 4 is 27.0 Å². The van der Waals surface area contributed by atoms with Crippen LogP contribution in [0.4, 0.5) is 0 Å². The van der Waals surface area contributed by atoms with Crippen LogP contribution in [0.5, 0.6) is 17.4 Å². The molecular weight excluding hydrogens is 370 g/mol. The number of ether oxygens (including phenoxy) is 1. The maximum atomic E-state index is 9.42. The number of hydrogen-bond donors (Lipinski definition) is 2. The summed E-state index contributed by atoms with van der Waals surface area (Å²) in [4.78, 5) is 11.8. The maximum Gasteiger partial charge on any atom is 0.231 e. The number of aromatic nitrogens is 3. The van der Waals surface area contributed by atoms with Crippen molar-refractivity contribution in [2.75, 3.05) is 0 Å². The van der Waals surface area contributed by atoms with Crippen LogP contribution in [0, 0.1) is 0 Å². The van der Waals surface area contributed by atoms with Gasteiger partial charge in [0.15, 0.2) is 0 Å². The molecule has 2 N–H and O–H groups in total. The van der Waals surface area contributed by atoms with Gasteiger partial charge in [-0.1, -0.05) is 22.0 Å². The molecule has 0 radical (unpaired) electrons. The number of hydrogen-bond acceptors (Lipinski definition) is 4. The molecule has 4 aromatic rings. The molecule has 0 amide bonds. The Kier molecular flexibility index (Phi) is 3.66. The summed E-state index contributed by atoms with van der Waals surface area (Å²) < 4.78 is 6.83. The van der Waals surface area contributed by atoms with E-state index in [1.807, 2.05) is 42.5 Å². The van der Waals surface area contributed by atoms with Gasteiger partial charge in [-0.15, -0.1) is 0 Å². The van der Waals surface area contributed by atoms with E-state index in [0.29, 0.717) is 17.3 Å². The van der Waals surface area contributed by atoms with Crippen molar-refractivity contribution in [1.29, 1.82) is 0 Å². The molecule has 0 fully saturated rings. The molecule has 0 saturated heterocycles. The number of benzene rings is 2. The number of phenols is 1. The Bertz CT molecular complexity index is 1010. The third kappa shape index (κ3) is 2.83. The van der Waals surface area contributed by atoms with Gasteiger partial charge in [0.2, 0.25) is 5.88 Å². The minimum atomic E-state index is 0.230. The molecular formula is C18H12BrN3O2. The second kappa shape index (κ2) is 5.98. The standard InChI is InChI=1S/C18H12BrN3O2/c19-12-2-1-3-14(8-12)24-18-15-9-16(22-17(15)20-10-21-18)11-4-6-13(23)7-5-11/h1-10,23H,(H,20,21,22). The number of nitrogens with one attached hydrogen (secondary N) is 1. The zero-order valence-corrected chi connectivity index (χ0v) is 14.0. The topological polar surface area (TPSA) is 71.0 Å². The number of aromatic amines is 1. The highest BCUT2D eigenvalue weighted by Crippen LogP contribution is 2.31. The number of fused-ring (bicyclic) bond motifs is 1. The molecule has 6 heteroatoms. The normalized spacial score (nSPS) is 10.9. The van der Waals surface area contributed by atoms with E-state index in [2.05, 4.69) is 30.9 Å². The molecule has 118 valence electrons. The third-order valence-electron chi connectivity index (χ3n) is 3.58. The molecule has 0 spiro atoms. The summed E-state index contributed by atoms with van der Waals surface area (Å²) in [5, 5.41) is 10.2. The molecule has 0 aliphatic heterocycles. The van der Waals surface area contributed by atoms with E-state index in [1.165, 1.54) is 6.33 Å². The largest absolute Gasteiger partial charge is 0.508 e. The van der Waals surface area contributed by atoms with Gasteiger partial charge in [-0.05, 0) is 54.1 Å². The first kappa shape index (κ1) is 14.7. The van der Waals surface area contributed by atoms with E-state index in [-0.39, 0.29) is 5.75 Å². The Labute approximate surface area is 146 Å². The van der Waals surface area contributed by atoms with Crippen LogP contribution >= 0.6 is 15.9 Å². The van der Waals surface area contributed by atoms with Gasteiger partial charge in [0.25, 0.3) is 0 Å². The van der Waals surface area contributed by atoms with Crippen LogP contribution in [-0.2, 0) is 0 Å². The smallest absolute Gasteiger partial charge is 0.231 e. The number of phenolic OH excluding ortho intramolecular Hbond substituents is 1. The number of H-pyrrole nitrogens is 1. The van der Waals surface area contributed by atoms with Crippen molar-refractivity contribution in [3.8, 4) is 28.6 Å². The van der Waals surface area contributed by atoms with Gasteiger partial charge in [0, 0.05) is 10.2 Å². The van der Waals surface area contributed by atoms with Gasteiger partial charge in [0.1, 0.15) is 23.5 Å². The van der Waals surface area contributed by atoms with Gasteiger partial charge in [-0.3, -0.25) is 0 Å². The predicted molar refractivity (Wildman–Crippen MR) is 95.2 cm³/mol. The zero-order valence-electron chi connectivity index (χ0n) is 12.4. The number of rotatable bonds is 3. The lowest BCUT2D eigenvalue weighted by Crippen LogP contribution is -1.89. The van der Waals surface area contributed by atoms with Crippen LogP contribution in [0.3, 0.4) is 0 Å². The second-order valence-corrected chi connectivity index (χ2v) is 6.15. The molecule has 0 unspecified atom stereocenters. The number of nitrogens with zero attached hydrogens (tertiary/aromatic N) is 2. The van der Waals surface area contributed by atoms with E-state index in [9.17, 15) is 5.11 Å². The van der Waals surface area contributed by atoms with Crippen molar-refractivity contribution in [2.24, 2.45) is 0 Å². The molecule has 4 rings (SSSR count). The maximum absolute atomic E-state index is 9.42. The van der Waals surface area contributed by atoms with Crippen molar-refractivity contribution in [3.63, 3.8) is 0 Å². The van der Waals surface area contributed by atoms with Crippen LogP contribution in [-0.4, -0.2) is 20.1 Å². The van der Waals surface area contributed by atoms with Crippen molar-refractivity contribution in [2.45, 2.75) is 0 Å². The molecule has 5 nitrogen and oxygen atoms in total. The SMILES string of the molecule is Oc1ccc(-c2cc3c(Oc4cccc(Br)c4)ncnc3[nH]2)cc1. The lowest BCUT2D eigenvalue weighted by atomic mass is 10.1. The van der Waals surface area contributed by atoms with E-state index in [4.69, 9.17) is 4.74 Å². The Morgan fingerprint density at radius 3 is 2.62 bits per heavy atom. The Morgan fingerprint density at radius 2 is 1.83 bits per heavy atom. The molecule has 0 aliphatic rings. The van der Waals surface area contributed by atoms with Gasteiger partial charge < -0.3 is 14.8 Å². The zero-order chi connectivity index (χ0) is 16.5. The number of aromatic hydroxyl groups is 1. The first-order valence-electron chi connectivity index (χ1n) is 7.25. The fraction of sp³-hybridized carbons (Fsp3) is 0. The second-order valence-electron chi connectivity index (χ2n) is 5.23. The Hall–Kier alpha value is -2.86. The Balaban J connectivity index is 1.76. The molecule has 0 saturated carbocycles. The van der Waals surface area contributed by atoms with E-state index in [0.717, 1.165) is 21.1 Å². The summed E-state index contributed by atoms with van der Waals surface area (Å²) in [6.45, 7) is 0. The molecule has 2 aromatic heterocycles. The van der Waals surface area contributed by atoms with E-state index < -0.39 is 0 Å². The van der Waals surface area contributed by atoms with Gasteiger partial charge >= 0.3 is 0 Å². The minimum absolute atomic E-state index is 0.230. The highest BCUT2D eigenvalue weighted by atomic mass is 79.9. The molecule has 24 heavy (non-hydrogen) atoms. The van der Waals surface area contributed by atoms with Crippen molar-refractivity contribution in [3.05, 3.63) is 65.4 Å². The molecule has 2 heterocycles. The van der Waals surface area contributed by atoms with E-state index >= 15 is 0 Å². The lowest BCUT2D eigenvalue weighted by molar-refractivity contribution is 0.468. The summed E-state index contributed by atoms with van der Waals surface area (Å²) >= 11 is 3.43. The van der Waals surface area contributed by atoms with Crippen molar-refractivity contribution < 1.29 is 9.84 Å². The average molecular weight is 382 g/mol. The fourth-order valence-corrected chi connectivity index (χ4v) is 2.82. The number of halogens is 1. The predicted octanol–water partition coefficient (Wildman–Crippen LogP) is 4.89. The molecule has 0 aliphatic carbocycles. The first-order valence-corrected chi connectivity index (χ1v) is 8.05. The van der Waals surface area contributed by atoms with Crippen LogP contribution in [0.2, 0.25) is 0 Å². The van der Waals surface area contributed by atoms with Gasteiger partial charge in [-0.2, -0.15) is 0 Å². The van der Waals surface area contributed by atoms with E-state index in [1.54, 1.807) is 12.1 Å². The summed E-state index contributed by atoms with van der Waals surface area (Å²) in [7, 11) is 0. The molecule has 2 aromatic carbocycles. The van der Waals surface area contributed by atoms with Crippen LogP contribution in [0.15, 0.2) is 65.4 Å². The monoisotopic (exact) mass is 381 g/mol. The van der Waals surface area contributed by atoms with Crippen molar-refractivity contribution in [1.82, 2.24) is 15.0 Å². The quantitative estimate of drug-likeness (QED) is 0.530. The summed E-state index contributed by atoms with van der Waals surface area (Å²) in [5.41, 5.74) is 2.52. The van der Waals surface area contributed by atoms with Crippen LogP contribution in [0.25, 0.3) is 22.3 Å². The first-order chi connectivity index (χ1) is 11.7. The highest BCUT2D eigenvalue weighted by molar-refractivity contribution is 9.10. The molecule has 0 bridgehead atoms. The molecule has 0 atom stereocenters. The Morgan fingerprint density at radius 1 is 1.00 bits per heavy atom. The fourth-order valence-electron chi connectivity index (χ4n) is 2.44. The van der Waals surface area contributed by atoms with Crippen LogP contribution in [0.1, 0.15) is 0 Å². The summed E-state index contributed by atoms with van der Waals surface area (Å²) in [6.07, 6.45) is 1.47. The van der Waals surface area contributed by atoms with Gasteiger partial charge in [0.05, 0.1) is 5.39 Å². The average Bonchev–Trinajstić information content (AvgIpc) is 3.01.